The maximum Gasteiger partial charge on any atom is 0.391 e. The maximum atomic E-state index is 13.1. The van der Waals surface area contributed by atoms with Crippen molar-refractivity contribution in [3.05, 3.63) is 130 Å². The molecule has 1 aliphatic heterocycles. The Balaban J connectivity index is 0.000000192. The number of alkyl halides is 3. The molecule has 1 saturated heterocycles. The zero-order valence-corrected chi connectivity index (χ0v) is 28.4. The molecule has 272 valence electrons. The van der Waals surface area contributed by atoms with Gasteiger partial charge >= 0.3 is 12.1 Å². The number of ketones is 2. The monoisotopic (exact) mass is 727 g/mol. The van der Waals surface area contributed by atoms with Crippen LogP contribution in [0.25, 0.3) is 22.5 Å². The molecule has 7 rings (SSSR count). The molecule has 0 bridgehead atoms. The summed E-state index contributed by atoms with van der Waals surface area (Å²) in [5.41, 5.74) is 3.59. The van der Waals surface area contributed by atoms with Gasteiger partial charge in [-0.05, 0) is 38.8 Å². The fraction of sp³-hybridized carbons (Fsp3) is 0.211. The standard InChI is InChI=1S/C22H20F3N3O3.C16H12N2O4/c1-13-18(19(27-31-13)14-5-3-2-4-6-14)20(29)15-11-17(26-12-15)21(30)28-9-7-16(8-10-28)22(23,24)25;1-9-13(14(18-22-9)10-5-3-2-4-6-10)15(19)11-7-12(16(20)21)17-8-11/h2-6,11-12,16,26H,7-10H2,1H3;2-8,17H,1H3,(H,20,21). The van der Waals surface area contributed by atoms with Crippen molar-refractivity contribution >= 4 is 23.4 Å². The number of aromatic carboxylic acids is 1. The van der Waals surface area contributed by atoms with Crippen LogP contribution in [-0.4, -0.2) is 73.0 Å². The summed E-state index contributed by atoms with van der Waals surface area (Å²) in [6.07, 6.45) is -1.70. The summed E-state index contributed by atoms with van der Waals surface area (Å²) in [5, 5.41) is 16.9. The summed E-state index contributed by atoms with van der Waals surface area (Å²) in [7, 11) is 0. The van der Waals surface area contributed by atoms with E-state index in [4.69, 9.17) is 14.2 Å². The van der Waals surface area contributed by atoms with E-state index in [1.165, 1.54) is 29.4 Å². The molecular formula is C38H32F3N5O7. The number of carboxylic acid groups (broad SMARTS) is 1. The number of benzene rings is 2. The number of rotatable bonds is 8. The van der Waals surface area contributed by atoms with E-state index in [2.05, 4.69) is 20.3 Å². The fourth-order valence-corrected chi connectivity index (χ4v) is 6.03. The number of H-pyrrole nitrogens is 2. The number of nitrogens with zero attached hydrogens (tertiary/aromatic N) is 3. The van der Waals surface area contributed by atoms with Crippen molar-refractivity contribution in [1.82, 2.24) is 25.2 Å². The molecule has 3 N–H and O–H groups in total. The van der Waals surface area contributed by atoms with Crippen LogP contribution in [0.2, 0.25) is 0 Å². The molecule has 1 aliphatic rings. The quantitative estimate of drug-likeness (QED) is 0.134. The van der Waals surface area contributed by atoms with Gasteiger partial charge in [0.2, 0.25) is 0 Å². The molecule has 4 aromatic heterocycles. The summed E-state index contributed by atoms with van der Waals surface area (Å²) < 4.78 is 48.9. The number of aromatic nitrogens is 4. The highest BCUT2D eigenvalue weighted by Crippen LogP contribution is 2.35. The largest absolute Gasteiger partial charge is 0.477 e. The van der Waals surface area contributed by atoms with Crippen LogP contribution in [0.15, 0.2) is 94.2 Å². The Kier molecular flexibility index (Phi) is 10.3. The average molecular weight is 728 g/mol. The number of carbonyl (C=O) groups excluding carboxylic acids is 3. The number of nitrogens with one attached hydrogen (secondary N) is 2. The van der Waals surface area contributed by atoms with E-state index in [1.54, 1.807) is 13.8 Å². The van der Waals surface area contributed by atoms with E-state index in [0.29, 0.717) is 34.0 Å². The second-order valence-corrected chi connectivity index (χ2v) is 12.3. The van der Waals surface area contributed by atoms with Gasteiger partial charge in [0, 0.05) is 47.7 Å². The first kappa shape index (κ1) is 36.3. The second kappa shape index (κ2) is 15.0. The molecule has 1 amide bonds. The SMILES string of the molecule is Cc1onc(-c2ccccc2)c1C(=O)c1c[nH]c(C(=O)N2CCC(C(F)(F)F)CC2)c1.Cc1onc(-c2ccccc2)c1C(=O)c1c[nH]c(C(=O)O)c1. The summed E-state index contributed by atoms with van der Waals surface area (Å²) >= 11 is 0. The third-order valence-electron chi connectivity index (χ3n) is 8.87. The smallest absolute Gasteiger partial charge is 0.391 e. The van der Waals surface area contributed by atoms with Gasteiger partial charge in [-0.1, -0.05) is 71.0 Å². The second-order valence-electron chi connectivity index (χ2n) is 12.3. The van der Waals surface area contributed by atoms with Gasteiger partial charge in [0.25, 0.3) is 5.91 Å². The Morgan fingerprint density at radius 1 is 0.736 bits per heavy atom. The molecule has 53 heavy (non-hydrogen) atoms. The molecule has 6 aromatic rings. The molecule has 12 nitrogen and oxygen atoms in total. The van der Waals surface area contributed by atoms with E-state index in [1.807, 2.05) is 60.7 Å². The number of aryl methyl sites for hydroxylation is 2. The lowest BCUT2D eigenvalue weighted by molar-refractivity contribution is -0.183. The molecule has 0 atom stereocenters. The third-order valence-corrected chi connectivity index (χ3v) is 8.87. The fourth-order valence-electron chi connectivity index (χ4n) is 6.03. The molecule has 0 radical (unpaired) electrons. The minimum Gasteiger partial charge on any atom is -0.477 e. The molecule has 15 heteroatoms. The lowest BCUT2D eigenvalue weighted by atomic mass is 9.96. The van der Waals surface area contributed by atoms with Crippen LogP contribution in [0, 0.1) is 19.8 Å². The Morgan fingerprint density at radius 2 is 1.17 bits per heavy atom. The van der Waals surface area contributed by atoms with Crippen LogP contribution in [0.4, 0.5) is 13.2 Å². The lowest BCUT2D eigenvalue weighted by Gasteiger charge is -2.32. The number of hydrogen-bond donors (Lipinski definition) is 3. The molecule has 0 unspecified atom stereocenters. The summed E-state index contributed by atoms with van der Waals surface area (Å²) in [5.74, 6) is -2.88. The van der Waals surface area contributed by atoms with Crippen molar-refractivity contribution in [3.63, 3.8) is 0 Å². The van der Waals surface area contributed by atoms with Crippen LogP contribution in [0.1, 0.15) is 77.2 Å². The zero-order chi connectivity index (χ0) is 37.9. The Hall–Kier alpha value is -6.51. The van der Waals surface area contributed by atoms with Gasteiger partial charge < -0.3 is 29.0 Å². The maximum absolute atomic E-state index is 13.1. The molecule has 5 heterocycles. The Bertz CT molecular complexity index is 2260. The summed E-state index contributed by atoms with van der Waals surface area (Å²) in [6, 6.07) is 21.0. The number of aromatic amines is 2. The minimum atomic E-state index is -4.24. The number of likely N-dealkylation sites (tertiary alicyclic amines) is 1. The highest BCUT2D eigenvalue weighted by molar-refractivity contribution is 6.14. The van der Waals surface area contributed by atoms with Gasteiger partial charge in [0.1, 0.15) is 34.3 Å². The van der Waals surface area contributed by atoms with E-state index in [0.717, 1.165) is 11.1 Å². The van der Waals surface area contributed by atoms with Crippen LogP contribution in [0.5, 0.6) is 0 Å². The number of hydrogen-bond acceptors (Lipinski definition) is 8. The lowest BCUT2D eigenvalue weighted by Crippen LogP contribution is -2.42. The van der Waals surface area contributed by atoms with E-state index >= 15 is 0 Å². The van der Waals surface area contributed by atoms with Crippen molar-refractivity contribution in [2.45, 2.75) is 32.9 Å². The topological polar surface area (TPSA) is 175 Å². The van der Waals surface area contributed by atoms with Crippen molar-refractivity contribution < 1.29 is 46.5 Å². The number of amides is 1. The van der Waals surface area contributed by atoms with Crippen molar-refractivity contribution in [3.8, 4) is 22.5 Å². The van der Waals surface area contributed by atoms with Crippen LogP contribution < -0.4 is 0 Å². The third kappa shape index (κ3) is 7.73. The molecule has 1 fully saturated rings. The minimum absolute atomic E-state index is 0.0220. The van der Waals surface area contributed by atoms with Crippen LogP contribution >= 0.6 is 0 Å². The number of carbonyl (C=O) groups is 4. The zero-order valence-electron chi connectivity index (χ0n) is 28.4. The van der Waals surface area contributed by atoms with Gasteiger partial charge in [-0.25, -0.2) is 4.79 Å². The summed E-state index contributed by atoms with van der Waals surface area (Å²) in [4.78, 5) is 56.1. The van der Waals surface area contributed by atoms with E-state index in [9.17, 15) is 32.3 Å². The first-order chi connectivity index (χ1) is 25.3. The van der Waals surface area contributed by atoms with Gasteiger partial charge in [-0.15, -0.1) is 0 Å². The predicted molar refractivity (Wildman–Crippen MR) is 183 cm³/mol. The Morgan fingerprint density at radius 3 is 1.58 bits per heavy atom. The van der Waals surface area contributed by atoms with Gasteiger partial charge in [0.15, 0.2) is 11.6 Å². The first-order valence-electron chi connectivity index (χ1n) is 16.4. The molecule has 0 saturated carbocycles. The highest BCUT2D eigenvalue weighted by atomic mass is 19.4. The molecular weight excluding hydrogens is 695 g/mol. The van der Waals surface area contributed by atoms with Crippen molar-refractivity contribution in [2.24, 2.45) is 5.92 Å². The van der Waals surface area contributed by atoms with Gasteiger partial charge in [-0.2, -0.15) is 13.2 Å². The van der Waals surface area contributed by atoms with Crippen LogP contribution in [0.3, 0.4) is 0 Å². The molecule has 2 aromatic carbocycles. The van der Waals surface area contributed by atoms with Crippen molar-refractivity contribution in [2.75, 3.05) is 13.1 Å². The normalized spacial score (nSPS) is 13.3. The predicted octanol–water partition coefficient (Wildman–Crippen LogP) is 7.53. The van der Waals surface area contributed by atoms with Crippen molar-refractivity contribution in [1.29, 1.82) is 0 Å². The van der Waals surface area contributed by atoms with Crippen LogP contribution in [-0.2, 0) is 0 Å². The number of piperidine rings is 1. The van der Waals surface area contributed by atoms with Gasteiger partial charge in [0.05, 0.1) is 17.0 Å². The summed E-state index contributed by atoms with van der Waals surface area (Å²) in [6.45, 7) is 3.33. The molecule has 0 aliphatic carbocycles. The van der Waals surface area contributed by atoms with E-state index < -0.39 is 24.0 Å². The van der Waals surface area contributed by atoms with E-state index in [-0.39, 0.29) is 60.0 Å². The Labute approximate surface area is 299 Å². The first-order valence-corrected chi connectivity index (χ1v) is 16.4. The average Bonchev–Trinajstić information content (AvgIpc) is 3.98. The highest BCUT2D eigenvalue weighted by Gasteiger charge is 2.42. The number of halogens is 3. The van der Waals surface area contributed by atoms with Gasteiger partial charge in [-0.3, -0.25) is 14.4 Å². The number of carboxylic acids is 1. The molecule has 0 spiro atoms.